The molecule has 2 atom stereocenters. The minimum absolute atomic E-state index is 0.0359. The Morgan fingerprint density at radius 3 is 3.06 bits per heavy atom. The molecule has 0 saturated carbocycles. The summed E-state index contributed by atoms with van der Waals surface area (Å²) in [4.78, 5) is 17.6. The van der Waals surface area contributed by atoms with E-state index in [0.717, 1.165) is 0 Å². The van der Waals surface area contributed by atoms with Crippen LogP contribution in [0.1, 0.15) is 13.3 Å². The number of hydrogen-bond donors (Lipinski definition) is 1. The predicted octanol–water partition coefficient (Wildman–Crippen LogP) is -0.724. The van der Waals surface area contributed by atoms with Crippen LogP contribution in [0, 0.1) is 0 Å². The Hall–Kier alpha value is -1.47. The second-order valence-electron chi connectivity index (χ2n) is 4.46. The summed E-state index contributed by atoms with van der Waals surface area (Å²) in [5.74, 6) is 0.0547. The summed E-state index contributed by atoms with van der Waals surface area (Å²) in [5.41, 5.74) is 0. The fourth-order valence-electron chi connectivity index (χ4n) is 2.07. The number of amides is 1. The molecule has 1 saturated heterocycles. The monoisotopic (exact) mass is 254 g/mol. The molecule has 7 heteroatoms. The number of aliphatic hydroxyl groups excluding tert-OH is 1. The fraction of sp³-hybridized carbons (Fsp3) is 0.727. The number of nitrogens with zero attached hydrogens (tertiary/aromatic N) is 4. The van der Waals surface area contributed by atoms with E-state index in [1.54, 1.807) is 15.9 Å². The maximum Gasteiger partial charge on any atom is 0.224 e. The first-order chi connectivity index (χ1) is 8.69. The lowest BCUT2D eigenvalue weighted by Crippen LogP contribution is -2.50. The van der Waals surface area contributed by atoms with Crippen molar-refractivity contribution >= 4 is 5.91 Å². The second-order valence-corrected chi connectivity index (χ2v) is 4.46. The second kappa shape index (κ2) is 5.92. The molecule has 0 aromatic carbocycles. The summed E-state index contributed by atoms with van der Waals surface area (Å²) in [6, 6.07) is 0. The van der Waals surface area contributed by atoms with Crippen LogP contribution < -0.4 is 0 Å². The normalized spacial score (nSPS) is 24.2. The zero-order chi connectivity index (χ0) is 13.0. The summed E-state index contributed by atoms with van der Waals surface area (Å²) in [5, 5.41) is 13.1. The number of aryl methyl sites for hydroxylation is 1. The van der Waals surface area contributed by atoms with Crippen LogP contribution in [0.5, 0.6) is 0 Å². The van der Waals surface area contributed by atoms with Gasteiger partial charge in [0.25, 0.3) is 0 Å². The minimum atomic E-state index is -0.274. The Morgan fingerprint density at radius 1 is 1.56 bits per heavy atom. The van der Waals surface area contributed by atoms with Crippen molar-refractivity contribution in [1.29, 1.82) is 0 Å². The van der Waals surface area contributed by atoms with Crippen LogP contribution in [0.4, 0.5) is 0 Å². The van der Waals surface area contributed by atoms with E-state index in [2.05, 4.69) is 10.1 Å². The van der Waals surface area contributed by atoms with Gasteiger partial charge in [-0.25, -0.2) is 4.98 Å². The smallest absolute Gasteiger partial charge is 0.224 e. The van der Waals surface area contributed by atoms with Gasteiger partial charge in [0.15, 0.2) is 0 Å². The van der Waals surface area contributed by atoms with Gasteiger partial charge < -0.3 is 14.7 Å². The van der Waals surface area contributed by atoms with E-state index in [9.17, 15) is 4.79 Å². The molecule has 1 aliphatic rings. The summed E-state index contributed by atoms with van der Waals surface area (Å²) < 4.78 is 7.13. The van der Waals surface area contributed by atoms with Crippen LogP contribution in [0.25, 0.3) is 0 Å². The van der Waals surface area contributed by atoms with Crippen LogP contribution in [-0.4, -0.2) is 62.6 Å². The average molecular weight is 254 g/mol. The molecule has 1 aromatic rings. The predicted molar refractivity (Wildman–Crippen MR) is 62.6 cm³/mol. The van der Waals surface area contributed by atoms with E-state index in [1.165, 1.54) is 6.33 Å². The van der Waals surface area contributed by atoms with E-state index in [1.807, 2.05) is 6.92 Å². The lowest BCUT2D eigenvalue weighted by atomic mass is 10.2. The van der Waals surface area contributed by atoms with Crippen LogP contribution >= 0.6 is 0 Å². The highest BCUT2D eigenvalue weighted by Gasteiger charge is 2.27. The first-order valence-corrected chi connectivity index (χ1v) is 6.05. The van der Waals surface area contributed by atoms with Gasteiger partial charge in [0.05, 0.1) is 25.4 Å². The fourth-order valence-corrected chi connectivity index (χ4v) is 2.07. The summed E-state index contributed by atoms with van der Waals surface area (Å²) >= 11 is 0. The Labute approximate surface area is 105 Å². The van der Waals surface area contributed by atoms with Gasteiger partial charge in [0.2, 0.25) is 5.91 Å². The number of rotatable bonds is 4. The lowest BCUT2D eigenvalue weighted by Gasteiger charge is -2.36. The van der Waals surface area contributed by atoms with Crippen molar-refractivity contribution in [2.24, 2.45) is 0 Å². The van der Waals surface area contributed by atoms with Crippen LogP contribution in [-0.2, 0) is 16.1 Å². The summed E-state index contributed by atoms with van der Waals surface area (Å²) in [6.07, 6.45) is 3.11. The summed E-state index contributed by atoms with van der Waals surface area (Å²) in [6.45, 7) is 3.40. The molecule has 1 N–H and O–H groups in total. The highest BCUT2D eigenvalue weighted by Crippen LogP contribution is 2.12. The van der Waals surface area contributed by atoms with Gasteiger partial charge in [0, 0.05) is 19.5 Å². The third kappa shape index (κ3) is 3.27. The van der Waals surface area contributed by atoms with Crippen molar-refractivity contribution in [3.63, 3.8) is 0 Å². The maximum absolute atomic E-state index is 12.0. The Bertz CT molecular complexity index is 382. The highest BCUT2D eigenvalue weighted by atomic mass is 16.5. The molecule has 1 amide bonds. The largest absolute Gasteiger partial charge is 0.394 e. The van der Waals surface area contributed by atoms with Crippen molar-refractivity contribution in [3.05, 3.63) is 12.7 Å². The van der Waals surface area contributed by atoms with Crippen molar-refractivity contribution in [2.45, 2.75) is 32.1 Å². The number of hydrogen-bond acceptors (Lipinski definition) is 5. The Kier molecular flexibility index (Phi) is 4.27. The number of carbonyl (C=O) groups excluding carboxylic acids is 1. The number of aliphatic hydroxyl groups is 1. The van der Waals surface area contributed by atoms with Gasteiger partial charge in [-0.3, -0.25) is 9.48 Å². The van der Waals surface area contributed by atoms with Crippen molar-refractivity contribution in [2.75, 3.05) is 19.7 Å². The average Bonchev–Trinajstić information content (AvgIpc) is 2.88. The third-order valence-electron chi connectivity index (χ3n) is 2.90. The van der Waals surface area contributed by atoms with E-state index in [0.29, 0.717) is 26.1 Å². The molecule has 2 unspecified atom stereocenters. The molecule has 0 radical (unpaired) electrons. The van der Waals surface area contributed by atoms with Crippen LogP contribution in [0.3, 0.4) is 0 Å². The molecule has 100 valence electrons. The highest BCUT2D eigenvalue weighted by molar-refractivity contribution is 5.76. The first kappa shape index (κ1) is 13.0. The molecule has 2 rings (SSSR count). The topological polar surface area (TPSA) is 80.5 Å². The zero-order valence-electron chi connectivity index (χ0n) is 10.4. The molecule has 1 aliphatic heterocycles. The molecule has 1 aromatic heterocycles. The van der Waals surface area contributed by atoms with Gasteiger partial charge in [-0.1, -0.05) is 0 Å². The number of carbonyl (C=O) groups is 1. The SMILES string of the molecule is CC1CN(C(=O)CCn2cncn2)CC(CO)O1. The first-order valence-electron chi connectivity index (χ1n) is 6.05. The van der Waals surface area contributed by atoms with Crippen molar-refractivity contribution in [1.82, 2.24) is 19.7 Å². The molecule has 7 nitrogen and oxygen atoms in total. The van der Waals surface area contributed by atoms with Crippen molar-refractivity contribution in [3.8, 4) is 0 Å². The molecular weight excluding hydrogens is 236 g/mol. The standard InChI is InChI=1S/C11H18N4O3/c1-9-4-14(5-10(6-16)18-9)11(17)2-3-15-8-12-7-13-15/h7-10,16H,2-6H2,1H3. The van der Waals surface area contributed by atoms with Gasteiger partial charge in [-0.05, 0) is 6.92 Å². The quantitative estimate of drug-likeness (QED) is 0.766. The van der Waals surface area contributed by atoms with Gasteiger partial charge in [-0.2, -0.15) is 5.10 Å². The number of aromatic nitrogens is 3. The van der Waals surface area contributed by atoms with Crippen molar-refractivity contribution < 1.29 is 14.6 Å². The van der Waals surface area contributed by atoms with E-state index in [-0.39, 0.29) is 24.7 Å². The molecule has 18 heavy (non-hydrogen) atoms. The van der Waals surface area contributed by atoms with Gasteiger partial charge >= 0.3 is 0 Å². The molecule has 0 bridgehead atoms. The van der Waals surface area contributed by atoms with E-state index < -0.39 is 0 Å². The van der Waals surface area contributed by atoms with Gasteiger partial charge in [-0.15, -0.1) is 0 Å². The van der Waals surface area contributed by atoms with Crippen LogP contribution in [0.2, 0.25) is 0 Å². The Morgan fingerprint density at radius 2 is 2.39 bits per heavy atom. The molecule has 0 spiro atoms. The lowest BCUT2D eigenvalue weighted by molar-refractivity contribution is -0.147. The van der Waals surface area contributed by atoms with E-state index >= 15 is 0 Å². The van der Waals surface area contributed by atoms with E-state index in [4.69, 9.17) is 9.84 Å². The molecule has 0 aliphatic carbocycles. The number of ether oxygens (including phenoxy) is 1. The van der Waals surface area contributed by atoms with Crippen LogP contribution in [0.15, 0.2) is 12.7 Å². The molecule has 1 fully saturated rings. The minimum Gasteiger partial charge on any atom is -0.394 e. The maximum atomic E-state index is 12.0. The Balaban J connectivity index is 1.84. The van der Waals surface area contributed by atoms with Gasteiger partial charge in [0.1, 0.15) is 12.7 Å². The zero-order valence-corrected chi connectivity index (χ0v) is 10.4. The molecule has 2 heterocycles. The number of morpholine rings is 1. The summed E-state index contributed by atoms with van der Waals surface area (Å²) in [7, 11) is 0. The molecular formula is C11H18N4O3. The third-order valence-corrected chi connectivity index (χ3v) is 2.90.